The first-order valence-corrected chi connectivity index (χ1v) is 9.00. The number of aromatic nitrogens is 1. The van der Waals surface area contributed by atoms with E-state index in [1.807, 2.05) is 6.92 Å². The highest BCUT2D eigenvalue weighted by Gasteiger charge is 2.20. The lowest BCUT2D eigenvalue weighted by atomic mass is 10.1. The zero-order valence-corrected chi connectivity index (χ0v) is 14.9. The molecule has 1 aliphatic heterocycles. The van der Waals surface area contributed by atoms with Gasteiger partial charge in [0.05, 0.1) is 5.52 Å². The van der Waals surface area contributed by atoms with Crippen LogP contribution in [0.2, 0.25) is 0 Å². The first-order chi connectivity index (χ1) is 12.6. The molecule has 140 valence electrons. The summed E-state index contributed by atoms with van der Waals surface area (Å²) in [7, 11) is 0. The van der Waals surface area contributed by atoms with Gasteiger partial charge in [-0.25, -0.2) is 4.79 Å². The van der Waals surface area contributed by atoms with E-state index in [4.69, 9.17) is 4.42 Å². The molecule has 26 heavy (non-hydrogen) atoms. The van der Waals surface area contributed by atoms with Crippen LogP contribution in [0, 0.1) is 0 Å². The van der Waals surface area contributed by atoms with Gasteiger partial charge in [-0.1, -0.05) is 13.3 Å². The van der Waals surface area contributed by atoms with E-state index in [-0.39, 0.29) is 18.4 Å². The van der Waals surface area contributed by atoms with E-state index in [1.165, 1.54) is 4.57 Å². The Labute approximate surface area is 151 Å². The Morgan fingerprint density at radius 1 is 1.27 bits per heavy atom. The molecular weight excluding hydrogens is 336 g/mol. The number of carbonyl (C=O) groups is 2. The fourth-order valence-corrected chi connectivity index (χ4v) is 3.00. The Kier molecular flexibility index (Phi) is 5.72. The number of amides is 2. The summed E-state index contributed by atoms with van der Waals surface area (Å²) in [5.74, 6) is -0.930. The second-order valence-electron chi connectivity index (χ2n) is 6.38. The molecule has 0 radical (unpaired) electrons. The fourth-order valence-electron chi connectivity index (χ4n) is 3.00. The minimum atomic E-state index is -0.600. The summed E-state index contributed by atoms with van der Waals surface area (Å²) >= 11 is 0. The van der Waals surface area contributed by atoms with Gasteiger partial charge in [-0.15, -0.1) is 0 Å². The number of rotatable bonds is 6. The summed E-state index contributed by atoms with van der Waals surface area (Å²) in [6.07, 6.45) is 1.86. The van der Waals surface area contributed by atoms with Crippen molar-refractivity contribution in [3.05, 3.63) is 34.3 Å². The number of hydrogen-bond acceptors (Lipinski definition) is 5. The minimum Gasteiger partial charge on any atom is -0.408 e. The van der Waals surface area contributed by atoms with Crippen LogP contribution >= 0.6 is 0 Å². The molecule has 0 spiro atoms. The van der Waals surface area contributed by atoms with Gasteiger partial charge in [0.15, 0.2) is 5.58 Å². The monoisotopic (exact) mass is 360 g/mol. The number of fused-ring (bicyclic) bond motifs is 1. The molecule has 2 N–H and O–H groups in total. The van der Waals surface area contributed by atoms with Gasteiger partial charge in [0.1, 0.15) is 6.54 Å². The molecule has 8 heteroatoms. The lowest BCUT2D eigenvalue weighted by Crippen LogP contribution is -2.46. The lowest BCUT2D eigenvalue weighted by molar-refractivity contribution is -0.121. The van der Waals surface area contributed by atoms with E-state index >= 15 is 0 Å². The van der Waals surface area contributed by atoms with Gasteiger partial charge in [-0.2, -0.15) is 0 Å². The molecule has 1 aliphatic rings. The number of carbonyl (C=O) groups excluding carboxylic acids is 2. The van der Waals surface area contributed by atoms with Crippen molar-refractivity contribution in [2.45, 2.75) is 26.3 Å². The highest BCUT2D eigenvalue weighted by atomic mass is 16.4. The zero-order valence-electron chi connectivity index (χ0n) is 14.9. The highest BCUT2D eigenvalue weighted by Crippen LogP contribution is 2.17. The van der Waals surface area contributed by atoms with Crippen molar-refractivity contribution in [1.29, 1.82) is 0 Å². The van der Waals surface area contributed by atoms with E-state index in [1.54, 1.807) is 23.1 Å². The number of piperazine rings is 1. The molecule has 0 unspecified atom stereocenters. The topological polar surface area (TPSA) is 96.6 Å². The van der Waals surface area contributed by atoms with Gasteiger partial charge in [-0.3, -0.25) is 14.2 Å². The maximum Gasteiger partial charge on any atom is 0.420 e. The van der Waals surface area contributed by atoms with Crippen LogP contribution in [-0.2, 0) is 11.3 Å². The molecule has 1 aromatic heterocycles. The summed E-state index contributed by atoms with van der Waals surface area (Å²) in [6.45, 7) is 5.32. The number of nitrogens with one attached hydrogen (secondary N) is 2. The Morgan fingerprint density at radius 3 is 2.77 bits per heavy atom. The van der Waals surface area contributed by atoms with Gasteiger partial charge in [-0.05, 0) is 24.6 Å². The normalized spacial score (nSPS) is 14.6. The maximum absolute atomic E-state index is 12.7. The first-order valence-electron chi connectivity index (χ1n) is 9.00. The van der Waals surface area contributed by atoms with Crippen molar-refractivity contribution in [3.8, 4) is 0 Å². The van der Waals surface area contributed by atoms with Crippen LogP contribution in [0.5, 0.6) is 0 Å². The second kappa shape index (κ2) is 8.18. The van der Waals surface area contributed by atoms with Crippen LogP contribution in [-0.4, -0.2) is 54.0 Å². The summed E-state index contributed by atoms with van der Waals surface area (Å²) < 4.78 is 6.47. The van der Waals surface area contributed by atoms with Crippen LogP contribution in [0.3, 0.4) is 0 Å². The third kappa shape index (κ3) is 3.96. The van der Waals surface area contributed by atoms with Crippen LogP contribution in [0.15, 0.2) is 27.4 Å². The molecule has 1 aromatic carbocycles. The zero-order chi connectivity index (χ0) is 18.5. The molecule has 2 aromatic rings. The fraction of sp³-hybridized carbons (Fsp3) is 0.500. The smallest absolute Gasteiger partial charge is 0.408 e. The molecule has 0 saturated carbocycles. The van der Waals surface area contributed by atoms with Crippen LogP contribution in [0.25, 0.3) is 11.1 Å². The molecule has 1 saturated heterocycles. The predicted molar refractivity (Wildman–Crippen MR) is 97.2 cm³/mol. The molecular formula is C18H24N4O4. The van der Waals surface area contributed by atoms with Crippen molar-refractivity contribution < 1.29 is 14.0 Å². The molecule has 3 rings (SSSR count). The van der Waals surface area contributed by atoms with E-state index in [2.05, 4.69) is 10.6 Å². The first kappa shape index (κ1) is 18.2. The van der Waals surface area contributed by atoms with Crippen LogP contribution in [0.1, 0.15) is 30.1 Å². The van der Waals surface area contributed by atoms with E-state index in [0.29, 0.717) is 36.3 Å². The van der Waals surface area contributed by atoms with Crippen molar-refractivity contribution >= 4 is 22.9 Å². The van der Waals surface area contributed by atoms with Gasteiger partial charge >= 0.3 is 5.76 Å². The third-order valence-corrected chi connectivity index (χ3v) is 4.47. The van der Waals surface area contributed by atoms with Crippen molar-refractivity contribution in [2.75, 3.05) is 32.7 Å². The predicted octanol–water partition coefficient (Wildman–Crippen LogP) is 0.556. The van der Waals surface area contributed by atoms with E-state index in [9.17, 15) is 14.4 Å². The number of unbranched alkanes of at least 4 members (excludes halogenated alkanes) is 1. The third-order valence-electron chi connectivity index (χ3n) is 4.47. The standard InChI is InChI=1S/C18H24N4O4/c1-2-3-6-20-16(23)12-22-14-11-13(4-5-15(14)26-18(22)25)17(24)21-9-7-19-8-10-21/h4-5,11,19H,2-3,6-10,12H2,1H3,(H,20,23). The van der Waals surface area contributed by atoms with Crippen molar-refractivity contribution in [3.63, 3.8) is 0 Å². The summed E-state index contributed by atoms with van der Waals surface area (Å²) in [5, 5.41) is 5.99. The highest BCUT2D eigenvalue weighted by molar-refractivity contribution is 5.97. The maximum atomic E-state index is 12.7. The molecule has 2 amide bonds. The average molecular weight is 360 g/mol. The van der Waals surface area contributed by atoms with E-state index < -0.39 is 5.76 Å². The van der Waals surface area contributed by atoms with Crippen molar-refractivity contribution in [1.82, 2.24) is 20.1 Å². The molecule has 0 atom stereocenters. The number of benzene rings is 1. The Balaban J connectivity index is 1.82. The molecule has 0 bridgehead atoms. The molecule has 8 nitrogen and oxygen atoms in total. The van der Waals surface area contributed by atoms with Gasteiger partial charge < -0.3 is 20.0 Å². The second-order valence-corrected chi connectivity index (χ2v) is 6.38. The lowest BCUT2D eigenvalue weighted by Gasteiger charge is -2.27. The Morgan fingerprint density at radius 2 is 2.04 bits per heavy atom. The summed E-state index contributed by atoms with van der Waals surface area (Å²) in [6, 6.07) is 4.89. The molecule has 0 aliphatic carbocycles. The Hall–Kier alpha value is -2.61. The van der Waals surface area contributed by atoms with Gasteiger partial charge in [0, 0.05) is 38.3 Å². The number of nitrogens with zero attached hydrogens (tertiary/aromatic N) is 2. The summed E-state index contributed by atoms with van der Waals surface area (Å²) in [4.78, 5) is 38.6. The van der Waals surface area contributed by atoms with Crippen LogP contribution in [0.4, 0.5) is 0 Å². The van der Waals surface area contributed by atoms with E-state index in [0.717, 1.165) is 25.9 Å². The quantitative estimate of drug-likeness (QED) is 0.734. The van der Waals surface area contributed by atoms with Gasteiger partial charge in [0.25, 0.3) is 5.91 Å². The van der Waals surface area contributed by atoms with Crippen LogP contribution < -0.4 is 16.4 Å². The number of hydrogen-bond donors (Lipinski definition) is 2. The SMILES string of the molecule is CCCCNC(=O)Cn1c(=O)oc2ccc(C(=O)N3CCNCC3)cc21. The molecule has 2 heterocycles. The average Bonchev–Trinajstić information content (AvgIpc) is 2.97. The van der Waals surface area contributed by atoms with Gasteiger partial charge in [0.2, 0.25) is 5.91 Å². The molecule has 1 fully saturated rings. The Bertz CT molecular complexity index is 848. The van der Waals surface area contributed by atoms with Crippen molar-refractivity contribution in [2.24, 2.45) is 0 Å². The summed E-state index contributed by atoms with van der Waals surface area (Å²) in [5.41, 5.74) is 1.31. The minimum absolute atomic E-state index is 0.0824. The number of oxazole rings is 1. The largest absolute Gasteiger partial charge is 0.420 e.